The topological polar surface area (TPSA) is 64.0 Å². The highest BCUT2D eigenvalue weighted by Crippen LogP contribution is 2.00. The maximum absolute atomic E-state index is 11.6. The summed E-state index contributed by atoms with van der Waals surface area (Å²) in [6.45, 7) is 8.39. The van der Waals surface area contributed by atoms with Crippen LogP contribution >= 0.6 is 0 Å². The number of nitrogens with zero attached hydrogens (tertiary/aromatic N) is 2. The first kappa shape index (κ1) is 16.2. The molecular weight excluding hydrogens is 262 g/mol. The van der Waals surface area contributed by atoms with E-state index in [4.69, 9.17) is 0 Å². The molecule has 0 aliphatic carbocycles. The predicted octanol–water partition coefficient (Wildman–Crippen LogP) is 1.45. The Morgan fingerprint density at radius 1 is 1.37 bits per heavy atom. The molecule has 1 aromatic rings. The Hall–Kier alpha value is -0.880. The van der Waals surface area contributed by atoms with Crippen molar-refractivity contribution < 1.29 is 8.42 Å². The lowest BCUT2D eigenvalue weighted by molar-refractivity contribution is 0.551. The van der Waals surface area contributed by atoms with E-state index in [1.54, 1.807) is 10.9 Å². The molecule has 0 unspecified atom stereocenters. The fourth-order valence-electron chi connectivity index (χ4n) is 1.77. The number of sulfone groups is 1. The highest BCUT2D eigenvalue weighted by atomic mass is 32.2. The van der Waals surface area contributed by atoms with Gasteiger partial charge in [-0.1, -0.05) is 20.8 Å². The number of hydrogen-bond donors (Lipinski definition) is 1. The molecule has 0 saturated heterocycles. The van der Waals surface area contributed by atoms with E-state index in [9.17, 15) is 8.42 Å². The molecule has 1 N–H and O–H groups in total. The van der Waals surface area contributed by atoms with E-state index >= 15 is 0 Å². The Kier molecular flexibility index (Phi) is 6.51. The molecule has 0 saturated carbocycles. The number of rotatable bonds is 9. The molecule has 110 valence electrons. The smallest absolute Gasteiger partial charge is 0.152 e. The Bertz CT molecular complexity index is 466. The summed E-state index contributed by atoms with van der Waals surface area (Å²) < 4.78 is 24.9. The summed E-state index contributed by atoms with van der Waals surface area (Å²) in [6, 6.07) is 0. The van der Waals surface area contributed by atoms with Crippen LogP contribution in [0.15, 0.2) is 12.4 Å². The van der Waals surface area contributed by atoms with Crippen molar-refractivity contribution in [1.29, 1.82) is 0 Å². The minimum absolute atomic E-state index is 0.168. The molecule has 0 spiro atoms. The summed E-state index contributed by atoms with van der Waals surface area (Å²) in [5.41, 5.74) is 1.09. The van der Waals surface area contributed by atoms with Gasteiger partial charge in [0, 0.05) is 24.1 Å². The van der Waals surface area contributed by atoms with Crippen molar-refractivity contribution in [3.8, 4) is 0 Å². The lowest BCUT2D eigenvalue weighted by Gasteiger charge is -2.05. The van der Waals surface area contributed by atoms with Crippen LogP contribution in [0.1, 0.15) is 32.8 Å². The maximum Gasteiger partial charge on any atom is 0.152 e. The number of nitrogens with one attached hydrogen (secondary N) is 1. The van der Waals surface area contributed by atoms with Gasteiger partial charge in [0.15, 0.2) is 9.84 Å². The zero-order valence-corrected chi connectivity index (χ0v) is 12.9. The van der Waals surface area contributed by atoms with E-state index in [2.05, 4.69) is 24.3 Å². The third-order valence-electron chi connectivity index (χ3n) is 2.71. The zero-order valence-electron chi connectivity index (χ0n) is 12.1. The molecule has 5 nitrogen and oxygen atoms in total. The molecular formula is C13H25N3O2S. The molecule has 0 atom stereocenters. The SMILES string of the molecule is CCCS(=O)(=O)CCn1cc(CNCC(C)C)cn1. The van der Waals surface area contributed by atoms with E-state index in [-0.39, 0.29) is 11.5 Å². The van der Waals surface area contributed by atoms with Crippen molar-refractivity contribution in [2.24, 2.45) is 5.92 Å². The summed E-state index contributed by atoms with van der Waals surface area (Å²) in [5, 5.41) is 7.52. The minimum Gasteiger partial charge on any atom is -0.312 e. The largest absolute Gasteiger partial charge is 0.312 e. The van der Waals surface area contributed by atoms with Crippen LogP contribution in [-0.2, 0) is 22.9 Å². The standard InChI is InChI=1S/C13H25N3O2S/c1-4-6-19(17,18)7-5-16-11-13(10-15-16)9-14-8-12(2)3/h10-12,14H,4-9H2,1-3H3. The van der Waals surface area contributed by atoms with Gasteiger partial charge in [-0.05, 0) is 18.9 Å². The van der Waals surface area contributed by atoms with Crippen LogP contribution in [0.3, 0.4) is 0 Å². The zero-order chi connectivity index (χ0) is 14.3. The van der Waals surface area contributed by atoms with Gasteiger partial charge in [0.1, 0.15) is 0 Å². The second kappa shape index (κ2) is 7.65. The number of aryl methyl sites for hydroxylation is 1. The normalized spacial score (nSPS) is 12.2. The van der Waals surface area contributed by atoms with Gasteiger partial charge in [0.25, 0.3) is 0 Å². The fraction of sp³-hybridized carbons (Fsp3) is 0.769. The maximum atomic E-state index is 11.6. The highest BCUT2D eigenvalue weighted by molar-refractivity contribution is 7.91. The van der Waals surface area contributed by atoms with Gasteiger partial charge in [-0.15, -0.1) is 0 Å². The van der Waals surface area contributed by atoms with Crippen molar-refractivity contribution >= 4 is 9.84 Å². The monoisotopic (exact) mass is 287 g/mol. The van der Waals surface area contributed by atoms with Crippen LogP contribution in [0.25, 0.3) is 0 Å². The van der Waals surface area contributed by atoms with Crippen molar-refractivity contribution in [2.75, 3.05) is 18.1 Å². The van der Waals surface area contributed by atoms with Crippen LogP contribution in [0.5, 0.6) is 0 Å². The average molecular weight is 287 g/mol. The fourth-order valence-corrected chi connectivity index (χ4v) is 3.06. The number of aromatic nitrogens is 2. The molecule has 0 bridgehead atoms. The van der Waals surface area contributed by atoms with Crippen LogP contribution < -0.4 is 5.32 Å². The first-order valence-corrected chi connectivity index (χ1v) is 8.67. The summed E-state index contributed by atoms with van der Waals surface area (Å²) in [7, 11) is -2.93. The van der Waals surface area contributed by atoms with Gasteiger partial charge >= 0.3 is 0 Å². The van der Waals surface area contributed by atoms with E-state index in [1.807, 2.05) is 13.1 Å². The second-order valence-corrected chi connectivity index (χ2v) is 7.59. The number of hydrogen-bond acceptors (Lipinski definition) is 4. The molecule has 1 aromatic heterocycles. The Balaban J connectivity index is 2.38. The first-order chi connectivity index (χ1) is 8.93. The van der Waals surface area contributed by atoms with Gasteiger partial charge in [-0.25, -0.2) is 8.42 Å². The molecule has 0 amide bonds. The van der Waals surface area contributed by atoms with E-state index < -0.39 is 9.84 Å². The Morgan fingerprint density at radius 3 is 2.74 bits per heavy atom. The van der Waals surface area contributed by atoms with E-state index in [0.29, 0.717) is 18.9 Å². The molecule has 6 heteroatoms. The highest BCUT2D eigenvalue weighted by Gasteiger charge is 2.09. The van der Waals surface area contributed by atoms with Crippen molar-refractivity contribution in [2.45, 2.75) is 40.3 Å². The summed E-state index contributed by atoms with van der Waals surface area (Å²) in [6.07, 6.45) is 4.38. The second-order valence-electron chi connectivity index (χ2n) is 5.29. The Labute approximate surface area is 116 Å². The van der Waals surface area contributed by atoms with Gasteiger partial charge in [0.2, 0.25) is 0 Å². The van der Waals surface area contributed by atoms with E-state index in [1.165, 1.54) is 0 Å². The van der Waals surface area contributed by atoms with Gasteiger partial charge in [-0.3, -0.25) is 4.68 Å². The van der Waals surface area contributed by atoms with Crippen molar-refractivity contribution in [1.82, 2.24) is 15.1 Å². The minimum atomic E-state index is -2.93. The van der Waals surface area contributed by atoms with Crippen molar-refractivity contribution in [3.05, 3.63) is 18.0 Å². The molecule has 0 aliphatic rings. The molecule has 0 aromatic carbocycles. The molecule has 1 rings (SSSR count). The van der Waals surface area contributed by atoms with Crippen LogP contribution in [0.2, 0.25) is 0 Å². The lowest BCUT2D eigenvalue weighted by atomic mass is 10.2. The lowest BCUT2D eigenvalue weighted by Crippen LogP contribution is -2.18. The quantitative estimate of drug-likeness (QED) is 0.747. The van der Waals surface area contributed by atoms with Crippen molar-refractivity contribution in [3.63, 3.8) is 0 Å². The van der Waals surface area contributed by atoms with Crippen LogP contribution in [-0.4, -0.2) is 36.2 Å². The molecule has 0 radical (unpaired) electrons. The predicted molar refractivity (Wildman–Crippen MR) is 77.7 cm³/mol. The molecule has 19 heavy (non-hydrogen) atoms. The van der Waals surface area contributed by atoms with Gasteiger partial charge in [-0.2, -0.15) is 5.10 Å². The third kappa shape index (κ3) is 6.73. The van der Waals surface area contributed by atoms with Gasteiger partial charge in [0.05, 0.1) is 18.5 Å². The first-order valence-electron chi connectivity index (χ1n) is 6.85. The van der Waals surface area contributed by atoms with E-state index in [0.717, 1.165) is 18.7 Å². The summed E-state index contributed by atoms with van der Waals surface area (Å²) >= 11 is 0. The van der Waals surface area contributed by atoms with Crippen LogP contribution in [0.4, 0.5) is 0 Å². The summed E-state index contributed by atoms with van der Waals surface area (Å²) in [4.78, 5) is 0. The summed E-state index contributed by atoms with van der Waals surface area (Å²) in [5.74, 6) is 1.05. The molecule has 1 heterocycles. The van der Waals surface area contributed by atoms with Gasteiger partial charge < -0.3 is 5.32 Å². The molecule has 0 fully saturated rings. The third-order valence-corrected chi connectivity index (χ3v) is 4.55. The Morgan fingerprint density at radius 2 is 2.11 bits per heavy atom. The average Bonchev–Trinajstić information content (AvgIpc) is 2.74. The van der Waals surface area contributed by atoms with Crippen LogP contribution in [0, 0.1) is 5.92 Å². The molecule has 0 aliphatic heterocycles.